The number of piperidine rings is 1. The third kappa shape index (κ3) is 5.99. The number of anilines is 1. The van der Waals surface area contributed by atoms with E-state index in [1.807, 2.05) is 64.9 Å². The number of halogens is 1. The number of amides is 1. The number of benzene rings is 2. The zero-order chi connectivity index (χ0) is 27.5. The van der Waals surface area contributed by atoms with Crippen molar-refractivity contribution in [3.63, 3.8) is 0 Å². The summed E-state index contributed by atoms with van der Waals surface area (Å²) >= 11 is 7.55. The molecule has 2 fully saturated rings. The fourth-order valence-electron chi connectivity index (χ4n) is 5.51. The molecule has 2 saturated heterocycles. The van der Waals surface area contributed by atoms with Crippen molar-refractivity contribution in [3.05, 3.63) is 82.5 Å². The van der Waals surface area contributed by atoms with Crippen molar-refractivity contribution >= 4 is 34.7 Å². The van der Waals surface area contributed by atoms with Gasteiger partial charge >= 0.3 is 0 Å². The number of ether oxygens (including phenoxy) is 1. The molecular formula is C31H32ClN5O2S. The van der Waals surface area contributed by atoms with Crippen LogP contribution in [0.15, 0.2) is 66.2 Å². The Labute approximate surface area is 243 Å². The Hall–Kier alpha value is -3.46. The predicted molar refractivity (Wildman–Crippen MR) is 161 cm³/mol. The van der Waals surface area contributed by atoms with Gasteiger partial charge in [0.15, 0.2) is 11.6 Å². The van der Waals surface area contributed by atoms with Crippen LogP contribution < -0.4 is 10.5 Å². The Morgan fingerprint density at radius 1 is 0.975 bits per heavy atom. The average molecular weight is 574 g/mol. The van der Waals surface area contributed by atoms with E-state index in [1.165, 1.54) is 25.9 Å². The molecule has 0 radical (unpaired) electrons. The van der Waals surface area contributed by atoms with Crippen molar-refractivity contribution in [1.82, 2.24) is 19.8 Å². The minimum absolute atomic E-state index is 0.104. The maximum Gasteiger partial charge on any atom is 0.253 e. The van der Waals surface area contributed by atoms with Gasteiger partial charge in [-0.25, -0.2) is 9.97 Å². The standard InChI is InChI=1S/C31H32ClN5O2S/c32-25-9-7-22(8-10-25)30-35-26(20-40-30)19-39-28-17-24(18-34-29(28)33)21-3-5-23(6-4-21)31(38)37-15-11-27(12-16-37)36-13-1-2-14-36/h3-10,17-18,20,27H,1-2,11-16,19H2,(H2,33,34). The molecule has 2 aliphatic heterocycles. The molecule has 4 heterocycles. The number of pyridine rings is 1. The number of nitrogens with two attached hydrogens (primary N) is 1. The monoisotopic (exact) mass is 573 g/mol. The van der Waals surface area contributed by atoms with Crippen LogP contribution in [0.1, 0.15) is 41.7 Å². The Bertz CT molecular complexity index is 1460. The quantitative estimate of drug-likeness (QED) is 0.276. The number of hydrogen-bond acceptors (Lipinski definition) is 7. The molecule has 4 aromatic rings. The van der Waals surface area contributed by atoms with E-state index in [-0.39, 0.29) is 12.5 Å². The van der Waals surface area contributed by atoms with Gasteiger partial charge in [0.1, 0.15) is 11.6 Å². The molecule has 40 heavy (non-hydrogen) atoms. The van der Waals surface area contributed by atoms with Crippen LogP contribution in [-0.2, 0) is 6.61 Å². The lowest BCUT2D eigenvalue weighted by molar-refractivity contribution is 0.0644. The Morgan fingerprint density at radius 3 is 2.40 bits per heavy atom. The van der Waals surface area contributed by atoms with E-state index < -0.39 is 0 Å². The van der Waals surface area contributed by atoms with E-state index in [0.717, 1.165) is 53.3 Å². The number of likely N-dealkylation sites (tertiary alicyclic amines) is 2. The highest BCUT2D eigenvalue weighted by molar-refractivity contribution is 7.13. The minimum Gasteiger partial charge on any atom is -0.483 e. The lowest BCUT2D eigenvalue weighted by Gasteiger charge is -2.36. The van der Waals surface area contributed by atoms with Gasteiger partial charge in [-0.2, -0.15) is 0 Å². The highest BCUT2D eigenvalue weighted by Crippen LogP contribution is 2.30. The van der Waals surface area contributed by atoms with Gasteiger partial charge in [0.05, 0.1) is 5.69 Å². The van der Waals surface area contributed by atoms with Crippen LogP contribution in [0.5, 0.6) is 5.75 Å². The van der Waals surface area contributed by atoms with Crippen molar-refractivity contribution in [2.45, 2.75) is 38.3 Å². The largest absolute Gasteiger partial charge is 0.483 e. The van der Waals surface area contributed by atoms with Crippen molar-refractivity contribution in [2.75, 3.05) is 31.9 Å². The SMILES string of the molecule is Nc1ncc(-c2ccc(C(=O)N3CCC(N4CCCC4)CC3)cc2)cc1OCc1csc(-c2ccc(Cl)cc2)n1. The molecule has 7 nitrogen and oxygen atoms in total. The van der Waals surface area contributed by atoms with Gasteiger partial charge in [-0.3, -0.25) is 4.79 Å². The van der Waals surface area contributed by atoms with Crippen molar-refractivity contribution in [3.8, 4) is 27.4 Å². The Kier molecular flexibility index (Phi) is 8.00. The number of carbonyl (C=O) groups is 1. The summed E-state index contributed by atoms with van der Waals surface area (Å²) < 4.78 is 6.01. The first kappa shape index (κ1) is 26.7. The first-order valence-electron chi connectivity index (χ1n) is 13.8. The summed E-state index contributed by atoms with van der Waals surface area (Å²) in [5, 5.41) is 3.57. The van der Waals surface area contributed by atoms with Gasteiger partial charge in [-0.15, -0.1) is 11.3 Å². The summed E-state index contributed by atoms with van der Waals surface area (Å²) in [6.07, 6.45) is 6.46. The molecule has 0 aliphatic carbocycles. The Morgan fingerprint density at radius 2 is 1.68 bits per heavy atom. The second kappa shape index (κ2) is 12.0. The topological polar surface area (TPSA) is 84.6 Å². The van der Waals surface area contributed by atoms with Gasteiger partial charge in [-0.1, -0.05) is 35.9 Å². The van der Waals surface area contributed by atoms with Gasteiger partial charge < -0.3 is 20.3 Å². The molecule has 206 valence electrons. The van der Waals surface area contributed by atoms with E-state index in [2.05, 4.69) is 14.9 Å². The highest BCUT2D eigenvalue weighted by atomic mass is 35.5. The summed E-state index contributed by atoms with van der Waals surface area (Å²) in [7, 11) is 0. The van der Waals surface area contributed by atoms with Crippen LogP contribution in [0, 0.1) is 0 Å². The van der Waals surface area contributed by atoms with Crippen LogP contribution in [0.4, 0.5) is 5.82 Å². The van der Waals surface area contributed by atoms with Crippen LogP contribution >= 0.6 is 22.9 Å². The second-order valence-electron chi connectivity index (χ2n) is 10.4. The minimum atomic E-state index is 0.104. The number of nitrogen functional groups attached to an aromatic ring is 1. The van der Waals surface area contributed by atoms with Crippen LogP contribution in [0.25, 0.3) is 21.7 Å². The number of aromatic nitrogens is 2. The van der Waals surface area contributed by atoms with E-state index in [0.29, 0.717) is 28.2 Å². The smallest absolute Gasteiger partial charge is 0.253 e. The van der Waals surface area contributed by atoms with Crippen LogP contribution in [0.2, 0.25) is 5.02 Å². The third-order valence-corrected chi connectivity index (χ3v) is 8.97. The van der Waals surface area contributed by atoms with Gasteiger partial charge in [0.25, 0.3) is 5.91 Å². The first-order valence-corrected chi connectivity index (χ1v) is 15.0. The zero-order valence-electron chi connectivity index (χ0n) is 22.3. The van der Waals surface area contributed by atoms with Crippen LogP contribution in [-0.4, -0.2) is 57.9 Å². The molecule has 0 saturated carbocycles. The number of nitrogens with zero attached hydrogens (tertiary/aromatic N) is 4. The Balaban J connectivity index is 1.08. The number of carbonyl (C=O) groups excluding carboxylic acids is 1. The number of thiazole rings is 1. The molecule has 0 bridgehead atoms. The van der Waals surface area contributed by atoms with Gasteiger partial charge in [0.2, 0.25) is 0 Å². The fourth-order valence-corrected chi connectivity index (χ4v) is 6.44. The van der Waals surface area contributed by atoms with Gasteiger partial charge in [-0.05, 0) is 74.7 Å². The number of hydrogen-bond donors (Lipinski definition) is 1. The molecule has 1 amide bonds. The zero-order valence-corrected chi connectivity index (χ0v) is 23.8. The summed E-state index contributed by atoms with van der Waals surface area (Å²) in [6.45, 7) is 4.35. The summed E-state index contributed by atoms with van der Waals surface area (Å²) in [6, 6.07) is 17.8. The van der Waals surface area contributed by atoms with Crippen molar-refractivity contribution in [1.29, 1.82) is 0 Å². The van der Waals surface area contributed by atoms with Crippen molar-refractivity contribution in [2.24, 2.45) is 0 Å². The first-order chi connectivity index (χ1) is 19.5. The summed E-state index contributed by atoms with van der Waals surface area (Å²) in [4.78, 5) is 26.8. The van der Waals surface area contributed by atoms with Crippen LogP contribution in [0.3, 0.4) is 0 Å². The maximum absolute atomic E-state index is 13.2. The normalized spacial score (nSPS) is 16.4. The van der Waals surface area contributed by atoms with E-state index in [1.54, 1.807) is 17.5 Å². The number of rotatable bonds is 7. The molecule has 9 heteroatoms. The molecular weight excluding hydrogens is 542 g/mol. The lowest BCUT2D eigenvalue weighted by Crippen LogP contribution is -2.45. The lowest BCUT2D eigenvalue weighted by atomic mass is 10.0. The molecule has 0 spiro atoms. The second-order valence-corrected chi connectivity index (χ2v) is 11.7. The van der Waals surface area contributed by atoms with E-state index >= 15 is 0 Å². The van der Waals surface area contributed by atoms with E-state index in [9.17, 15) is 4.79 Å². The molecule has 0 atom stereocenters. The highest BCUT2D eigenvalue weighted by Gasteiger charge is 2.28. The van der Waals surface area contributed by atoms with Crippen molar-refractivity contribution < 1.29 is 9.53 Å². The molecule has 6 rings (SSSR count). The van der Waals surface area contributed by atoms with E-state index in [4.69, 9.17) is 22.1 Å². The maximum atomic E-state index is 13.2. The molecule has 2 aromatic heterocycles. The molecule has 2 aliphatic rings. The molecule has 2 N–H and O–H groups in total. The molecule has 2 aromatic carbocycles. The van der Waals surface area contributed by atoms with Gasteiger partial charge in [0, 0.05) is 52.4 Å². The predicted octanol–water partition coefficient (Wildman–Crippen LogP) is 6.39. The third-order valence-electron chi connectivity index (χ3n) is 7.77. The fraction of sp³-hybridized carbons (Fsp3) is 0.323. The average Bonchev–Trinajstić information content (AvgIpc) is 3.70. The summed E-state index contributed by atoms with van der Waals surface area (Å²) in [5.41, 5.74) is 10.5. The summed E-state index contributed by atoms with van der Waals surface area (Å²) in [5.74, 6) is 0.924. The molecule has 0 unspecified atom stereocenters.